The average molecular weight is 191 g/mol. The van der Waals surface area contributed by atoms with Crippen molar-refractivity contribution in [1.82, 2.24) is 4.98 Å². The molecule has 1 aromatic rings. The van der Waals surface area contributed by atoms with E-state index in [9.17, 15) is 4.79 Å². The van der Waals surface area contributed by atoms with E-state index in [0.717, 1.165) is 3.92 Å². The third-order valence-corrected chi connectivity index (χ3v) is 1.95. The largest absolute Gasteiger partial charge is 0.283 e. The van der Waals surface area contributed by atoms with E-state index in [2.05, 4.69) is 20.9 Å². The van der Waals surface area contributed by atoms with Gasteiger partial charge >= 0.3 is 0 Å². The third kappa shape index (κ3) is 1.14. The molecule has 8 heavy (non-hydrogen) atoms. The number of aromatic nitrogens is 1. The van der Waals surface area contributed by atoms with Crippen LogP contribution < -0.4 is 0 Å². The van der Waals surface area contributed by atoms with Gasteiger partial charge < -0.3 is 0 Å². The minimum absolute atomic E-state index is 0.363. The molecule has 1 heterocycles. The molecular formula is C4HBrNOS. The SMILES string of the molecule is O=[C]c1csc(Br)n1. The topological polar surface area (TPSA) is 30.0 Å². The first kappa shape index (κ1) is 5.91. The maximum absolute atomic E-state index is 9.82. The van der Waals surface area contributed by atoms with Gasteiger partial charge in [-0.3, -0.25) is 4.79 Å². The van der Waals surface area contributed by atoms with Crippen molar-refractivity contribution in [2.45, 2.75) is 0 Å². The zero-order chi connectivity index (χ0) is 5.98. The van der Waals surface area contributed by atoms with Gasteiger partial charge in [-0.1, -0.05) is 0 Å². The molecular weight excluding hydrogens is 190 g/mol. The Bertz CT molecular complexity index is 198. The van der Waals surface area contributed by atoms with Gasteiger partial charge in [-0.05, 0) is 15.9 Å². The summed E-state index contributed by atoms with van der Waals surface area (Å²) in [5, 5.41) is 1.64. The summed E-state index contributed by atoms with van der Waals surface area (Å²) in [5.74, 6) is 0. The Balaban J connectivity index is 3.00. The van der Waals surface area contributed by atoms with E-state index in [0.29, 0.717) is 5.69 Å². The van der Waals surface area contributed by atoms with Gasteiger partial charge in [0.1, 0.15) is 5.69 Å². The van der Waals surface area contributed by atoms with E-state index in [1.807, 2.05) is 0 Å². The number of rotatable bonds is 1. The Labute approximate surface area is 58.7 Å². The van der Waals surface area contributed by atoms with Crippen LogP contribution >= 0.6 is 27.3 Å². The number of halogens is 1. The standard InChI is InChI=1S/C4HBrNOS/c5-4-6-3(1-7)2-8-4/h2H. The van der Waals surface area contributed by atoms with Gasteiger partial charge in [-0.15, -0.1) is 11.3 Å². The molecule has 0 saturated heterocycles. The molecule has 1 aromatic heterocycles. The van der Waals surface area contributed by atoms with Gasteiger partial charge in [0, 0.05) is 5.38 Å². The van der Waals surface area contributed by atoms with Crippen LogP contribution in [0.5, 0.6) is 0 Å². The quantitative estimate of drug-likeness (QED) is 0.670. The van der Waals surface area contributed by atoms with Crippen molar-refractivity contribution in [3.05, 3.63) is 15.0 Å². The lowest BCUT2D eigenvalue weighted by Gasteiger charge is -1.67. The van der Waals surface area contributed by atoms with E-state index in [1.54, 1.807) is 11.7 Å². The summed E-state index contributed by atoms with van der Waals surface area (Å²) in [4.78, 5) is 13.6. The molecule has 41 valence electrons. The minimum atomic E-state index is 0.363. The van der Waals surface area contributed by atoms with Gasteiger partial charge in [0.25, 0.3) is 6.29 Å². The second-order valence-corrected chi connectivity index (χ2v) is 3.22. The second kappa shape index (κ2) is 2.37. The Hall–Kier alpha value is -0.220. The number of thiazole rings is 1. The van der Waals surface area contributed by atoms with Crippen molar-refractivity contribution < 1.29 is 4.79 Å². The van der Waals surface area contributed by atoms with Gasteiger partial charge in [0.05, 0.1) is 0 Å². The smallest absolute Gasteiger partial charge is 0.254 e. The highest BCUT2D eigenvalue weighted by atomic mass is 79.9. The fourth-order valence-electron chi connectivity index (χ4n) is 0.299. The van der Waals surface area contributed by atoms with E-state index in [-0.39, 0.29) is 0 Å². The summed E-state index contributed by atoms with van der Waals surface area (Å²) in [5.41, 5.74) is 0.363. The molecule has 0 spiro atoms. The summed E-state index contributed by atoms with van der Waals surface area (Å²) in [6.07, 6.45) is 1.67. The summed E-state index contributed by atoms with van der Waals surface area (Å²) in [6.45, 7) is 0. The molecule has 2 nitrogen and oxygen atoms in total. The number of nitrogens with zero attached hydrogens (tertiary/aromatic N) is 1. The van der Waals surface area contributed by atoms with Crippen LogP contribution in [0.15, 0.2) is 9.30 Å². The second-order valence-electron chi connectivity index (χ2n) is 1.09. The van der Waals surface area contributed by atoms with E-state index in [4.69, 9.17) is 0 Å². The van der Waals surface area contributed by atoms with Crippen molar-refractivity contribution in [3.8, 4) is 0 Å². The fourth-order valence-corrected chi connectivity index (χ4v) is 1.23. The van der Waals surface area contributed by atoms with Gasteiger partial charge in [0.2, 0.25) is 0 Å². The number of carbonyl (C=O) groups excluding carboxylic acids is 1. The highest BCUT2D eigenvalue weighted by molar-refractivity contribution is 9.11. The zero-order valence-electron chi connectivity index (χ0n) is 3.72. The summed E-state index contributed by atoms with van der Waals surface area (Å²) in [7, 11) is 0. The molecule has 0 N–H and O–H groups in total. The van der Waals surface area contributed by atoms with Crippen LogP contribution in [0.4, 0.5) is 0 Å². The molecule has 0 aliphatic heterocycles. The van der Waals surface area contributed by atoms with Crippen LogP contribution in [0.25, 0.3) is 0 Å². The van der Waals surface area contributed by atoms with Crippen molar-refractivity contribution in [3.63, 3.8) is 0 Å². The van der Waals surface area contributed by atoms with Crippen molar-refractivity contribution in [1.29, 1.82) is 0 Å². The fraction of sp³-hybridized carbons (Fsp3) is 0. The Morgan fingerprint density at radius 2 is 2.62 bits per heavy atom. The normalized spacial score (nSPS) is 9.12. The van der Waals surface area contributed by atoms with Crippen LogP contribution in [-0.4, -0.2) is 11.3 Å². The van der Waals surface area contributed by atoms with Crippen LogP contribution in [0.2, 0.25) is 0 Å². The molecule has 0 fully saturated rings. The van der Waals surface area contributed by atoms with E-state index >= 15 is 0 Å². The maximum atomic E-state index is 9.82. The van der Waals surface area contributed by atoms with Crippen molar-refractivity contribution in [2.24, 2.45) is 0 Å². The van der Waals surface area contributed by atoms with E-state index in [1.165, 1.54) is 11.3 Å². The lowest BCUT2D eigenvalue weighted by Crippen LogP contribution is -1.75. The summed E-state index contributed by atoms with van der Waals surface area (Å²) < 4.78 is 0.718. The summed E-state index contributed by atoms with van der Waals surface area (Å²) >= 11 is 4.47. The Kier molecular flexibility index (Phi) is 1.75. The van der Waals surface area contributed by atoms with Crippen LogP contribution in [0.1, 0.15) is 5.69 Å². The molecule has 0 amide bonds. The predicted molar refractivity (Wildman–Crippen MR) is 34.6 cm³/mol. The monoisotopic (exact) mass is 190 g/mol. The first-order valence-corrected chi connectivity index (χ1v) is 3.49. The van der Waals surface area contributed by atoms with Crippen LogP contribution in [-0.2, 0) is 4.79 Å². The maximum Gasteiger partial charge on any atom is 0.254 e. The van der Waals surface area contributed by atoms with Crippen molar-refractivity contribution >= 4 is 33.6 Å². The summed E-state index contributed by atoms with van der Waals surface area (Å²) in [6, 6.07) is 0. The molecule has 0 unspecified atom stereocenters. The Morgan fingerprint density at radius 1 is 1.88 bits per heavy atom. The highest BCUT2D eigenvalue weighted by Crippen LogP contribution is 2.13. The average Bonchev–Trinajstić information content (AvgIpc) is 2.14. The third-order valence-electron chi connectivity index (χ3n) is 0.581. The Morgan fingerprint density at radius 3 is 2.88 bits per heavy atom. The zero-order valence-corrected chi connectivity index (χ0v) is 6.12. The lowest BCUT2D eigenvalue weighted by molar-refractivity contribution is 0.561. The molecule has 0 aliphatic carbocycles. The highest BCUT2D eigenvalue weighted by Gasteiger charge is 1.94. The molecule has 0 aromatic carbocycles. The predicted octanol–water partition coefficient (Wildman–Crippen LogP) is 1.36. The van der Waals surface area contributed by atoms with E-state index < -0.39 is 0 Å². The van der Waals surface area contributed by atoms with Gasteiger partial charge in [-0.2, -0.15) is 0 Å². The lowest BCUT2D eigenvalue weighted by atomic mass is 10.6. The molecule has 0 saturated carbocycles. The molecule has 1 rings (SSSR count). The van der Waals surface area contributed by atoms with Crippen LogP contribution in [0, 0.1) is 0 Å². The van der Waals surface area contributed by atoms with Gasteiger partial charge in [0.15, 0.2) is 3.92 Å². The number of hydrogen-bond acceptors (Lipinski definition) is 3. The molecule has 0 aliphatic rings. The first-order chi connectivity index (χ1) is 3.83. The molecule has 1 radical (unpaired) electrons. The first-order valence-electron chi connectivity index (χ1n) is 1.82. The van der Waals surface area contributed by atoms with Crippen LogP contribution in [0.3, 0.4) is 0 Å². The molecule has 0 bridgehead atoms. The van der Waals surface area contributed by atoms with Crippen molar-refractivity contribution in [2.75, 3.05) is 0 Å². The molecule has 0 atom stereocenters. The number of hydrogen-bond donors (Lipinski definition) is 0. The minimum Gasteiger partial charge on any atom is -0.283 e. The van der Waals surface area contributed by atoms with Gasteiger partial charge in [-0.25, -0.2) is 4.98 Å². The molecule has 4 heteroatoms.